The number of nitrogens with two attached hydrogens (primary N) is 1. The van der Waals surface area contributed by atoms with Gasteiger partial charge in [-0.05, 0) is 61.4 Å². The van der Waals surface area contributed by atoms with Crippen molar-refractivity contribution in [1.82, 2.24) is 0 Å². The Balaban J connectivity index is 1.98. The molecule has 0 aliphatic carbocycles. The molecule has 100 valence electrons. The first kappa shape index (κ1) is 13.8. The maximum atomic E-state index is 5.57. The quantitative estimate of drug-likeness (QED) is 0.835. The summed E-state index contributed by atoms with van der Waals surface area (Å²) in [5.74, 6) is 0. The largest absolute Gasteiger partial charge is 0.330 e. The Labute approximate surface area is 116 Å². The van der Waals surface area contributed by atoms with Crippen LogP contribution < -0.4 is 5.73 Å². The molecular formula is C18H23N. The van der Waals surface area contributed by atoms with Gasteiger partial charge in [0.25, 0.3) is 0 Å². The smallest absolute Gasteiger partial charge is 0.00741 e. The van der Waals surface area contributed by atoms with Crippen molar-refractivity contribution in [3.8, 4) is 0 Å². The molecule has 0 fully saturated rings. The third-order valence-corrected chi connectivity index (χ3v) is 3.61. The van der Waals surface area contributed by atoms with Crippen LogP contribution in [0.1, 0.15) is 28.7 Å². The van der Waals surface area contributed by atoms with E-state index in [-0.39, 0.29) is 0 Å². The highest BCUT2D eigenvalue weighted by Gasteiger charge is 2.00. The molecule has 0 saturated carbocycles. The van der Waals surface area contributed by atoms with E-state index in [1.54, 1.807) is 0 Å². The van der Waals surface area contributed by atoms with E-state index in [0.29, 0.717) is 0 Å². The Bertz CT molecular complexity index is 517. The fourth-order valence-electron chi connectivity index (χ4n) is 2.42. The topological polar surface area (TPSA) is 26.0 Å². The standard InChI is InChI=1S/C18H23N/c1-15-6-2-3-10-18(15)12-11-17-8-4-7-16(14-17)9-5-13-19/h2-4,6-8,10,14H,5,9,11-13,19H2,1H3. The number of aryl methyl sites for hydroxylation is 4. The third-order valence-electron chi connectivity index (χ3n) is 3.61. The SMILES string of the molecule is Cc1ccccc1CCc1cccc(CCCN)c1. The van der Waals surface area contributed by atoms with Crippen molar-refractivity contribution in [2.75, 3.05) is 6.54 Å². The van der Waals surface area contributed by atoms with Gasteiger partial charge in [-0.15, -0.1) is 0 Å². The Morgan fingerprint density at radius 2 is 1.58 bits per heavy atom. The van der Waals surface area contributed by atoms with Crippen LogP contribution in [0.25, 0.3) is 0 Å². The molecule has 0 saturated heterocycles. The van der Waals surface area contributed by atoms with Gasteiger partial charge in [0.15, 0.2) is 0 Å². The minimum Gasteiger partial charge on any atom is -0.330 e. The number of benzene rings is 2. The van der Waals surface area contributed by atoms with Gasteiger partial charge in [-0.25, -0.2) is 0 Å². The molecule has 0 aliphatic rings. The van der Waals surface area contributed by atoms with E-state index in [0.717, 1.165) is 32.2 Å². The molecule has 0 atom stereocenters. The van der Waals surface area contributed by atoms with Crippen LogP contribution in [0.2, 0.25) is 0 Å². The van der Waals surface area contributed by atoms with E-state index in [1.165, 1.54) is 22.3 Å². The fourth-order valence-corrected chi connectivity index (χ4v) is 2.42. The first-order chi connectivity index (χ1) is 9.29. The Morgan fingerprint density at radius 1 is 0.842 bits per heavy atom. The molecule has 1 heteroatoms. The molecule has 1 nitrogen and oxygen atoms in total. The molecular weight excluding hydrogens is 230 g/mol. The van der Waals surface area contributed by atoms with Crippen LogP contribution in [0.3, 0.4) is 0 Å². The minimum absolute atomic E-state index is 0.771. The van der Waals surface area contributed by atoms with Gasteiger partial charge in [0, 0.05) is 0 Å². The summed E-state index contributed by atoms with van der Waals surface area (Å²) < 4.78 is 0. The summed E-state index contributed by atoms with van der Waals surface area (Å²) in [5.41, 5.74) is 11.2. The molecule has 0 aromatic heterocycles. The first-order valence-corrected chi connectivity index (χ1v) is 7.12. The molecule has 2 aromatic carbocycles. The Hall–Kier alpha value is -1.60. The second-order valence-electron chi connectivity index (χ2n) is 5.14. The van der Waals surface area contributed by atoms with Gasteiger partial charge in [-0.2, -0.15) is 0 Å². The van der Waals surface area contributed by atoms with Gasteiger partial charge in [0.1, 0.15) is 0 Å². The lowest BCUT2D eigenvalue weighted by Crippen LogP contribution is -2.01. The molecule has 0 unspecified atom stereocenters. The molecule has 0 heterocycles. The Morgan fingerprint density at radius 3 is 2.32 bits per heavy atom. The average Bonchev–Trinajstić information content (AvgIpc) is 2.45. The van der Waals surface area contributed by atoms with Gasteiger partial charge in [-0.3, -0.25) is 0 Å². The molecule has 0 amide bonds. The second-order valence-corrected chi connectivity index (χ2v) is 5.14. The molecule has 2 rings (SSSR count). The molecule has 0 spiro atoms. The predicted octanol–water partition coefficient (Wildman–Crippen LogP) is 3.67. The zero-order valence-corrected chi connectivity index (χ0v) is 11.7. The highest BCUT2D eigenvalue weighted by Crippen LogP contribution is 2.13. The lowest BCUT2D eigenvalue weighted by atomic mass is 9.99. The number of hydrogen-bond acceptors (Lipinski definition) is 1. The maximum absolute atomic E-state index is 5.57. The van der Waals surface area contributed by atoms with Crippen LogP contribution in [0.15, 0.2) is 48.5 Å². The van der Waals surface area contributed by atoms with Crippen LogP contribution in [0.4, 0.5) is 0 Å². The van der Waals surface area contributed by atoms with Crippen LogP contribution in [-0.2, 0) is 19.3 Å². The summed E-state index contributed by atoms with van der Waals surface area (Å²) >= 11 is 0. The van der Waals surface area contributed by atoms with Gasteiger partial charge in [0.2, 0.25) is 0 Å². The third kappa shape index (κ3) is 4.22. The number of hydrogen-bond donors (Lipinski definition) is 1. The van der Waals surface area contributed by atoms with E-state index >= 15 is 0 Å². The van der Waals surface area contributed by atoms with Gasteiger partial charge < -0.3 is 5.73 Å². The second kappa shape index (κ2) is 7.10. The van der Waals surface area contributed by atoms with Crippen LogP contribution in [0.5, 0.6) is 0 Å². The lowest BCUT2D eigenvalue weighted by Gasteiger charge is -2.07. The van der Waals surface area contributed by atoms with Crippen molar-refractivity contribution < 1.29 is 0 Å². The van der Waals surface area contributed by atoms with Crippen LogP contribution >= 0.6 is 0 Å². The molecule has 2 N–H and O–H groups in total. The highest BCUT2D eigenvalue weighted by molar-refractivity contribution is 5.28. The van der Waals surface area contributed by atoms with Crippen LogP contribution in [0, 0.1) is 6.92 Å². The van der Waals surface area contributed by atoms with Gasteiger partial charge >= 0.3 is 0 Å². The summed E-state index contributed by atoms with van der Waals surface area (Å²) in [7, 11) is 0. The van der Waals surface area contributed by atoms with E-state index in [9.17, 15) is 0 Å². The normalized spacial score (nSPS) is 10.6. The minimum atomic E-state index is 0.771. The first-order valence-electron chi connectivity index (χ1n) is 7.12. The van der Waals surface area contributed by atoms with Crippen LogP contribution in [-0.4, -0.2) is 6.54 Å². The summed E-state index contributed by atoms with van der Waals surface area (Å²) in [6, 6.07) is 17.6. The van der Waals surface area contributed by atoms with Crippen molar-refractivity contribution in [3.63, 3.8) is 0 Å². The van der Waals surface area contributed by atoms with Crippen molar-refractivity contribution in [3.05, 3.63) is 70.8 Å². The average molecular weight is 253 g/mol. The van der Waals surface area contributed by atoms with Crippen molar-refractivity contribution >= 4 is 0 Å². The maximum Gasteiger partial charge on any atom is -0.00741 e. The van der Waals surface area contributed by atoms with E-state index in [1.807, 2.05) is 0 Å². The summed E-state index contributed by atoms with van der Waals surface area (Å²) in [6.07, 6.45) is 4.39. The molecule has 0 aliphatic heterocycles. The zero-order valence-electron chi connectivity index (χ0n) is 11.7. The predicted molar refractivity (Wildman–Crippen MR) is 82.4 cm³/mol. The lowest BCUT2D eigenvalue weighted by molar-refractivity contribution is 0.829. The van der Waals surface area contributed by atoms with Crippen molar-refractivity contribution in [2.45, 2.75) is 32.6 Å². The van der Waals surface area contributed by atoms with Crippen molar-refractivity contribution in [1.29, 1.82) is 0 Å². The molecule has 0 radical (unpaired) electrons. The monoisotopic (exact) mass is 253 g/mol. The summed E-state index contributed by atoms with van der Waals surface area (Å²) in [4.78, 5) is 0. The summed E-state index contributed by atoms with van der Waals surface area (Å²) in [5, 5.41) is 0. The molecule has 0 bridgehead atoms. The zero-order chi connectivity index (χ0) is 13.5. The van der Waals surface area contributed by atoms with Gasteiger partial charge in [-0.1, -0.05) is 48.5 Å². The fraction of sp³-hybridized carbons (Fsp3) is 0.333. The highest BCUT2D eigenvalue weighted by atomic mass is 14.5. The molecule has 2 aromatic rings. The van der Waals surface area contributed by atoms with E-state index in [2.05, 4.69) is 55.5 Å². The van der Waals surface area contributed by atoms with E-state index in [4.69, 9.17) is 5.73 Å². The Kier molecular flexibility index (Phi) is 5.17. The van der Waals surface area contributed by atoms with Gasteiger partial charge in [0.05, 0.1) is 0 Å². The van der Waals surface area contributed by atoms with Crippen molar-refractivity contribution in [2.24, 2.45) is 5.73 Å². The van der Waals surface area contributed by atoms with E-state index < -0.39 is 0 Å². The molecule has 19 heavy (non-hydrogen) atoms. The summed E-state index contributed by atoms with van der Waals surface area (Å²) in [6.45, 7) is 2.96. The number of rotatable bonds is 6.